The van der Waals surface area contributed by atoms with Gasteiger partial charge in [-0.25, -0.2) is 0 Å². The van der Waals surface area contributed by atoms with Gasteiger partial charge in [-0.2, -0.15) is 4.39 Å². The maximum Gasteiger partial charge on any atom is 0.304 e. The summed E-state index contributed by atoms with van der Waals surface area (Å²) in [6.45, 7) is 0.638. The Morgan fingerprint density at radius 1 is 1.37 bits per heavy atom. The van der Waals surface area contributed by atoms with E-state index in [-0.39, 0.29) is 0 Å². The minimum atomic E-state index is -0.750. The van der Waals surface area contributed by atoms with Gasteiger partial charge in [0.15, 0.2) is 0 Å². The van der Waals surface area contributed by atoms with Crippen LogP contribution in [0.2, 0.25) is 0 Å². The Bertz CT molecular complexity index is 459. The molecule has 2 rings (SSSR count). The van der Waals surface area contributed by atoms with E-state index in [9.17, 15) is 14.5 Å². The third-order valence-electron chi connectivity index (χ3n) is 3.84. The first-order valence-corrected chi connectivity index (χ1v) is 6.71. The number of nitro groups is 1. The van der Waals surface area contributed by atoms with E-state index in [4.69, 9.17) is 0 Å². The van der Waals surface area contributed by atoms with Crippen LogP contribution < -0.4 is 0 Å². The third kappa shape index (κ3) is 3.50. The molecular weight excluding hydrogens is 247 g/mol. The van der Waals surface area contributed by atoms with Gasteiger partial charge >= 0.3 is 5.69 Å². The summed E-state index contributed by atoms with van der Waals surface area (Å²) in [5, 5.41) is 10.6. The molecule has 5 heteroatoms. The van der Waals surface area contributed by atoms with Crippen LogP contribution >= 0.6 is 0 Å². The molecule has 0 unspecified atom stereocenters. The molecule has 1 aliphatic rings. The first kappa shape index (κ1) is 13.9. The molecule has 4 nitrogen and oxygen atoms in total. The van der Waals surface area contributed by atoms with E-state index in [0.717, 1.165) is 5.56 Å². The van der Waals surface area contributed by atoms with Gasteiger partial charge in [-0.3, -0.25) is 15.0 Å². The summed E-state index contributed by atoms with van der Waals surface area (Å²) in [7, 11) is 2.04. The van der Waals surface area contributed by atoms with Crippen molar-refractivity contribution in [2.75, 3.05) is 7.05 Å². The number of benzene rings is 1. The molecule has 0 atom stereocenters. The topological polar surface area (TPSA) is 46.4 Å². The Kier molecular flexibility index (Phi) is 4.47. The monoisotopic (exact) mass is 266 g/mol. The van der Waals surface area contributed by atoms with Gasteiger partial charge < -0.3 is 0 Å². The van der Waals surface area contributed by atoms with Crippen LogP contribution in [0.4, 0.5) is 10.1 Å². The second kappa shape index (κ2) is 6.10. The van der Waals surface area contributed by atoms with Gasteiger partial charge in [0, 0.05) is 18.7 Å². The Labute approximate surface area is 112 Å². The molecule has 1 saturated carbocycles. The van der Waals surface area contributed by atoms with E-state index in [1.54, 1.807) is 6.07 Å². The Hall–Kier alpha value is -1.49. The number of rotatable bonds is 4. The highest BCUT2D eigenvalue weighted by Crippen LogP contribution is 2.24. The van der Waals surface area contributed by atoms with Crippen molar-refractivity contribution in [2.24, 2.45) is 0 Å². The maximum atomic E-state index is 13.5. The van der Waals surface area contributed by atoms with Crippen LogP contribution in [-0.4, -0.2) is 22.9 Å². The van der Waals surface area contributed by atoms with E-state index in [1.807, 2.05) is 7.05 Å². The third-order valence-corrected chi connectivity index (χ3v) is 3.84. The largest absolute Gasteiger partial charge is 0.304 e. The first-order chi connectivity index (χ1) is 9.08. The summed E-state index contributed by atoms with van der Waals surface area (Å²) >= 11 is 0. The van der Waals surface area contributed by atoms with Gasteiger partial charge in [0.2, 0.25) is 5.82 Å². The van der Waals surface area contributed by atoms with Gasteiger partial charge in [-0.1, -0.05) is 25.3 Å². The lowest BCUT2D eigenvalue weighted by Gasteiger charge is -2.31. The standard InChI is InChI=1S/C14H19FN2O2/c1-16(12-5-3-2-4-6-12)10-11-7-8-14(17(18)19)13(15)9-11/h7-9,12H,2-6,10H2,1H3. The highest BCUT2D eigenvalue weighted by molar-refractivity contribution is 5.34. The molecule has 104 valence electrons. The number of nitro benzene ring substituents is 1. The average molecular weight is 266 g/mol. The van der Waals surface area contributed by atoms with E-state index >= 15 is 0 Å². The SMILES string of the molecule is CN(Cc1ccc([N+](=O)[O-])c(F)c1)C1CCCCC1. The molecule has 0 spiro atoms. The van der Waals surface area contributed by atoms with Gasteiger partial charge in [0.05, 0.1) is 4.92 Å². The van der Waals surface area contributed by atoms with Gasteiger partial charge in [-0.05, 0) is 31.5 Å². The summed E-state index contributed by atoms with van der Waals surface area (Å²) in [5.74, 6) is -0.750. The van der Waals surface area contributed by atoms with Crippen LogP contribution in [0.1, 0.15) is 37.7 Å². The van der Waals surface area contributed by atoms with Crippen LogP contribution in [0.15, 0.2) is 18.2 Å². The molecule has 0 aromatic heterocycles. The zero-order chi connectivity index (χ0) is 13.8. The maximum absolute atomic E-state index is 13.5. The number of nitrogens with zero attached hydrogens (tertiary/aromatic N) is 2. The van der Waals surface area contributed by atoms with E-state index in [1.165, 1.54) is 44.2 Å². The van der Waals surface area contributed by atoms with Crippen molar-refractivity contribution in [3.05, 3.63) is 39.7 Å². The fourth-order valence-corrected chi connectivity index (χ4v) is 2.74. The Balaban J connectivity index is 2.02. The molecule has 0 radical (unpaired) electrons. The predicted molar refractivity (Wildman–Crippen MR) is 71.4 cm³/mol. The molecule has 0 heterocycles. The van der Waals surface area contributed by atoms with Crippen LogP contribution in [0.25, 0.3) is 0 Å². The molecule has 1 fully saturated rings. The minimum absolute atomic E-state index is 0.455. The van der Waals surface area contributed by atoms with E-state index in [2.05, 4.69) is 4.90 Å². The molecule has 1 aromatic carbocycles. The minimum Gasteiger partial charge on any atom is -0.299 e. The summed E-state index contributed by atoms with van der Waals surface area (Å²) in [6, 6.07) is 4.71. The van der Waals surface area contributed by atoms with Crippen molar-refractivity contribution in [3.63, 3.8) is 0 Å². The average Bonchev–Trinajstić information content (AvgIpc) is 2.39. The van der Waals surface area contributed by atoms with Crippen molar-refractivity contribution in [3.8, 4) is 0 Å². The predicted octanol–water partition coefficient (Wildman–Crippen LogP) is 3.50. The van der Waals surface area contributed by atoms with Gasteiger partial charge in [0.1, 0.15) is 0 Å². The molecule has 1 aromatic rings. The van der Waals surface area contributed by atoms with Crippen molar-refractivity contribution in [2.45, 2.75) is 44.7 Å². The number of halogens is 1. The quantitative estimate of drug-likeness (QED) is 0.619. The molecule has 0 bridgehead atoms. The number of hydrogen-bond acceptors (Lipinski definition) is 3. The van der Waals surface area contributed by atoms with Gasteiger partial charge in [0.25, 0.3) is 0 Å². The fourth-order valence-electron chi connectivity index (χ4n) is 2.74. The van der Waals surface area contributed by atoms with Crippen molar-refractivity contribution in [1.29, 1.82) is 0 Å². The van der Waals surface area contributed by atoms with Crippen LogP contribution in [0.5, 0.6) is 0 Å². The highest BCUT2D eigenvalue weighted by Gasteiger charge is 2.19. The zero-order valence-electron chi connectivity index (χ0n) is 11.1. The highest BCUT2D eigenvalue weighted by atomic mass is 19.1. The normalized spacial score (nSPS) is 16.8. The summed E-state index contributed by atoms with van der Waals surface area (Å²) in [4.78, 5) is 12.1. The summed E-state index contributed by atoms with van der Waals surface area (Å²) in [5.41, 5.74) is 0.334. The molecule has 0 N–H and O–H groups in total. The Morgan fingerprint density at radius 2 is 2.05 bits per heavy atom. The van der Waals surface area contributed by atoms with Crippen LogP contribution in [-0.2, 0) is 6.54 Å². The zero-order valence-corrected chi connectivity index (χ0v) is 11.1. The smallest absolute Gasteiger partial charge is 0.299 e. The number of hydrogen-bond donors (Lipinski definition) is 0. The van der Waals surface area contributed by atoms with E-state index < -0.39 is 16.4 Å². The molecule has 1 aliphatic carbocycles. The van der Waals surface area contributed by atoms with Crippen LogP contribution in [0.3, 0.4) is 0 Å². The Morgan fingerprint density at radius 3 is 2.63 bits per heavy atom. The van der Waals surface area contributed by atoms with E-state index in [0.29, 0.717) is 12.6 Å². The molecular formula is C14H19FN2O2. The van der Waals surface area contributed by atoms with Crippen molar-refractivity contribution in [1.82, 2.24) is 4.90 Å². The first-order valence-electron chi connectivity index (χ1n) is 6.71. The van der Waals surface area contributed by atoms with Gasteiger partial charge in [-0.15, -0.1) is 0 Å². The lowest BCUT2D eigenvalue weighted by Crippen LogP contribution is -2.32. The van der Waals surface area contributed by atoms with Crippen molar-refractivity contribution >= 4 is 5.69 Å². The second-order valence-electron chi connectivity index (χ2n) is 5.25. The lowest BCUT2D eigenvalue weighted by atomic mass is 9.94. The van der Waals surface area contributed by atoms with Crippen molar-refractivity contribution < 1.29 is 9.31 Å². The fraction of sp³-hybridized carbons (Fsp3) is 0.571. The molecule has 19 heavy (non-hydrogen) atoms. The molecule has 0 saturated heterocycles. The second-order valence-corrected chi connectivity index (χ2v) is 5.25. The molecule has 0 aliphatic heterocycles. The lowest BCUT2D eigenvalue weighted by molar-refractivity contribution is -0.387. The summed E-state index contributed by atoms with van der Waals surface area (Å²) in [6.07, 6.45) is 6.18. The molecule has 0 amide bonds. The van der Waals surface area contributed by atoms with Crippen LogP contribution in [0, 0.1) is 15.9 Å². The summed E-state index contributed by atoms with van der Waals surface area (Å²) < 4.78 is 13.5.